The fraction of sp³-hybridized carbons (Fsp3) is 0.121. The third-order valence-electron chi connectivity index (χ3n) is 21.0. The van der Waals surface area contributed by atoms with Crippen LogP contribution < -0.4 is 20.3 Å². The summed E-state index contributed by atoms with van der Waals surface area (Å²) in [6.45, 7) is 17.7. The van der Waals surface area contributed by atoms with Gasteiger partial charge in [0.1, 0.15) is 0 Å². The number of ketones is 4. The van der Waals surface area contributed by atoms with Gasteiger partial charge in [0, 0.05) is 202 Å². The first kappa shape index (κ1) is 101. The number of para-hydroxylation sites is 4. The molecule has 0 saturated carbocycles. The molecule has 28 heteroatoms. The molecule has 0 atom stereocenters. The van der Waals surface area contributed by atoms with Crippen molar-refractivity contribution in [3.8, 4) is 34.5 Å². The molecule has 0 bridgehead atoms. The molecule has 22 rings (SSSR count). The Bertz CT molecular complexity index is 8010. The van der Waals surface area contributed by atoms with Gasteiger partial charge in [0.15, 0.2) is 23.1 Å². The molecule has 4 radical (unpaired) electrons. The van der Waals surface area contributed by atoms with E-state index in [1.54, 1.807) is 12.4 Å². The van der Waals surface area contributed by atoms with Crippen molar-refractivity contribution in [1.29, 1.82) is 0 Å². The molecule has 0 aliphatic heterocycles. The quantitative estimate of drug-likeness (QED) is 0.0690. The smallest absolute Gasteiger partial charge is 0.155 e. The maximum Gasteiger partial charge on any atom is 0.155 e. The number of nitrogens with zero attached hydrogens (tertiary/aromatic N) is 16. The molecular formula is C107H92Ir4N16O8-4. The summed E-state index contributed by atoms with van der Waals surface area (Å²) in [5.41, 5.74) is 12.9. The maximum atomic E-state index is 10.0. The number of aliphatic hydroxyl groups is 4. The van der Waals surface area contributed by atoms with E-state index in [-0.39, 0.29) is 127 Å². The number of carbonyl (C=O) groups is 4. The molecule has 0 saturated heterocycles. The van der Waals surface area contributed by atoms with E-state index in [4.69, 9.17) is 45.3 Å². The summed E-state index contributed by atoms with van der Waals surface area (Å²) in [7, 11) is 0. The van der Waals surface area contributed by atoms with Gasteiger partial charge in [-0.05, 0) is 192 Å². The van der Waals surface area contributed by atoms with Gasteiger partial charge in [0.2, 0.25) is 0 Å². The summed E-state index contributed by atoms with van der Waals surface area (Å²) in [6.07, 6.45) is 16.9. The number of pyridine rings is 5. The zero-order valence-electron chi connectivity index (χ0n) is 75.2. The number of fused-ring (bicyclic) bond motifs is 21. The van der Waals surface area contributed by atoms with Gasteiger partial charge in [-0.15, -0.1) is 0 Å². The Hall–Kier alpha value is -14.4. The second-order valence-corrected chi connectivity index (χ2v) is 31.8. The topological polar surface area (TPSA) is 328 Å². The van der Waals surface area contributed by atoms with Gasteiger partial charge < -0.3 is 59.0 Å². The summed E-state index contributed by atoms with van der Waals surface area (Å²) in [4.78, 5) is 68.2. The molecule has 0 fully saturated rings. The van der Waals surface area contributed by atoms with Crippen molar-refractivity contribution in [2.24, 2.45) is 5.92 Å². The molecule has 13 aromatic heterocycles. The molecule has 0 aliphatic rings. The Kier molecular flexibility index (Phi) is 34.3. The number of allylic oxidation sites excluding steroid dienone is 8. The Balaban J connectivity index is 0.000000157. The molecule has 24 nitrogen and oxygen atoms in total. The molecular weight excluding hydrogens is 2410 g/mol. The molecule has 4 N–H and O–H groups in total. The van der Waals surface area contributed by atoms with Crippen LogP contribution in [-0.2, 0) is 106 Å². The molecule has 22 aromatic rings. The van der Waals surface area contributed by atoms with Gasteiger partial charge in [-0.3, -0.25) is 59.4 Å². The van der Waals surface area contributed by atoms with Crippen LogP contribution in [0.1, 0.15) is 80.6 Å². The molecule has 0 unspecified atom stereocenters. The molecule has 0 amide bonds. The monoisotopic (exact) mass is 2500 g/mol. The summed E-state index contributed by atoms with van der Waals surface area (Å²) in [6, 6.07) is 87.4. The second-order valence-electron chi connectivity index (χ2n) is 31.8. The van der Waals surface area contributed by atoms with Crippen LogP contribution in [0.25, 0.3) is 176 Å². The molecule has 13 heterocycles. The number of rotatable bonds is 11. The van der Waals surface area contributed by atoms with Gasteiger partial charge in [0.05, 0.1) is 51.3 Å². The Morgan fingerprint density at radius 3 is 0.956 bits per heavy atom. The van der Waals surface area contributed by atoms with E-state index in [0.29, 0.717) is 5.92 Å². The maximum absolute atomic E-state index is 10.0. The first-order chi connectivity index (χ1) is 63.3. The molecule has 0 spiro atoms. The van der Waals surface area contributed by atoms with Crippen LogP contribution in [0.15, 0.2) is 339 Å². The van der Waals surface area contributed by atoms with Crippen LogP contribution in [0.4, 0.5) is 0 Å². The average molecular weight is 2500 g/mol. The van der Waals surface area contributed by atoms with E-state index in [1.165, 1.54) is 139 Å². The van der Waals surface area contributed by atoms with Crippen molar-refractivity contribution in [1.82, 2.24) is 78.8 Å². The second kappa shape index (κ2) is 45.8. The largest absolute Gasteiger partial charge is 0.512 e. The van der Waals surface area contributed by atoms with Crippen LogP contribution in [-0.4, -0.2) is 102 Å². The van der Waals surface area contributed by atoms with E-state index in [0.717, 1.165) is 135 Å². The molecule has 135 heavy (non-hydrogen) atoms. The minimum absolute atomic E-state index is 0. The number of hydrogen-bond acceptors (Lipinski definition) is 16. The Labute approximate surface area is 830 Å². The summed E-state index contributed by atoms with van der Waals surface area (Å²) < 4.78 is 8.48. The normalized spacial score (nSPS) is 11.3. The minimum atomic E-state index is -0.125. The first-order valence-corrected chi connectivity index (χ1v) is 42.4. The van der Waals surface area contributed by atoms with Crippen LogP contribution >= 0.6 is 0 Å². The number of aliphatic hydroxyl groups excluding tert-OH is 4. The third kappa shape index (κ3) is 23.1. The van der Waals surface area contributed by atoms with Gasteiger partial charge in [-0.1, -0.05) is 250 Å². The zero-order chi connectivity index (χ0) is 92.1. The van der Waals surface area contributed by atoms with Crippen LogP contribution in [0.2, 0.25) is 0 Å². The van der Waals surface area contributed by atoms with E-state index in [1.807, 2.05) is 111 Å². The zero-order valence-corrected chi connectivity index (χ0v) is 84.8. The number of hydrogen-bond donors (Lipinski definition) is 4. The average Bonchev–Trinajstić information content (AvgIpc) is 1.59. The van der Waals surface area contributed by atoms with E-state index in [9.17, 15) is 19.2 Å². The van der Waals surface area contributed by atoms with Crippen molar-refractivity contribution in [3.05, 3.63) is 351 Å². The van der Waals surface area contributed by atoms with E-state index < -0.39 is 0 Å². The number of carbonyl (C=O) groups excluding carboxylic acids is 4. The third-order valence-corrected chi connectivity index (χ3v) is 21.0. The van der Waals surface area contributed by atoms with Gasteiger partial charge >= 0.3 is 0 Å². The van der Waals surface area contributed by atoms with Crippen molar-refractivity contribution >= 4 is 165 Å². The standard InChI is InChI=1S/C24H15N4.C22H13N4.C22H19N4.C19H13N4.4C5H8O2.4Ir/c1-2-8-16(9-3-1)20-14-22(27-26-20)28-21-13-7-6-12-19(21)23-18-11-5-4-10-17(18)15-25-24(23)28;1-2-6-16-15(5-1)12-24-22-21(16)17-7-3-4-8-19(17)26(22)20-11-14-9-10-23-13-18(14)25-20;1-14(2)11-16-12-20(25-24-16)26-19-10-6-5-9-18(19)21-17-8-4-3-7-15(17)13-23-22(21)26;1-12-10-17(22-21-12)23-16-9-5-4-8-15(16)18-14-7-3-2-6-13(14)11-20-19(18)23;4*1-4(6)3-5(2)7;;;;/h1-15H;1-13H;3-10,12-14H,11H2,1-2H3;2-11H,1H3;4*3,6H,1-2H3;;;;/q4*-1;;;;;;;;. The molecule has 0 aliphatic carbocycles. The van der Waals surface area contributed by atoms with E-state index in [2.05, 4.69) is 244 Å². The van der Waals surface area contributed by atoms with Crippen molar-refractivity contribution in [2.75, 3.05) is 0 Å². The van der Waals surface area contributed by atoms with Gasteiger partial charge in [0.25, 0.3) is 0 Å². The predicted molar refractivity (Wildman–Crippen MR) is 523 cm³/mol. The Morgan fingerprint density at radius 2 is 0.637 bits per heavy atom. The SMILES string of the molecule is CC(=O)C=C(C)O.CC(=O)C=C(C)O.CC(=O)C=C(C)O.CC(=O)C=C(C)O.CC(C)Cc1cc(-n2c3ccccc3c3c4ccccc4cnc32)[n-]n1.Cc1cc(-n2c3ccccc3c3c4ccccc4cnc32)[n-]n1.[Ir].[Ir].[Ir].[Ir].c1ccc(-c2cc(-n3c4ccccc4c4c5ccccc5cnc43)[n-]n2)cc1.c1ccc2c(c1)cnc1c2c2ccccc2n1-c1cc2ccncc2[n-]1. The summed E-state index contributed by atoms with van der Waals surface area (Å²) >= 11 is 0. The molecule has 688 valence electrons. The minimum Gasteiger partial charge on any atom is -0.512 e. The fourth-order valence-electron chi connectivity index (χ4n) is 16.0. The van der Waals surface area contributed by atoms with Crippen molar-refractivity contribution in [2.45, 2.75) is 82.6 Å². The Morgan fingerprint density at radius 1 is 0.333 bits per heavy atom. The first-order valence-electron chi connectivity index (χ1n) is 42.4. The van der Waals surface area contributed by atoms with Crippen LogP contribution in [0.5, 0.6) is 0 Å². The number of aryl methyl sites for hydroxylation is 1. The van der Waals surface area contributed by atoms with Gasteiger partial charge in [-0.25, -0.2) is 0 Å². The number of benzene rings is 9. The fourth-order valence-corrected chi connectivity index (χ4v) is 16.0. The predicted octanol–water partition coefficient (Wildman–Crippen LogP) is 23.2. The van der Waals surface area contributed by atoms with Gasteiger partial charge in [-0.2, -0.15) is 0 Å². The summed E-state index contributed by atoms with van der Waals surface area (Å²) in [5.74, 6) is 3.63. The molecule has 9 aromatic carbocycles. The van der Waals surface area contributed by atoms with Crippen molar-refractivity contribution in [3.63, 3.8) is 0 Å². The van der Waals surface area contributed by atoms with Crippen LogP contribution in [0, 0.1) is 12.8 Å². The van der Waals surface area contributed by atoms with Crippen molar-refractivity contribution < 1.29 is 120 Å². The van der Waals surface area contributed by atoms with E-state index >= 15 is 0 Å². The van der Waals surface area contributed by atoms with Crippen LogP contribution in [0.3, 0.4) is 0 Å². The number of aromatic nitrogens is 16. The summed E-state index contributed by atoms with van der Waals surface area (Å²) in [5, 5.41) is 79.6.